The van der Waals surface area contributed by atoms with Crippen molar-refractivity contribution >= 4 is 6.08 Å². The quantitative estimate of drug-likeness (QED) is 0.705. The van der Waals surface area contributed by atoms with Gasteiger partial charge >= 0.3 is 0 Å². The summed E-state index contributed by atoms with van der Waals surface area (Å²) in [4.78, 5) is 0. The Bertz CT molecular complexity index is 426. The van der Waals surface area contributed by atoms with E-state index >= 15 is 0 Å². The van der Waals surface area contributed by atoms with Crippen molar-refractivity contribution in [2.75, 3.05) is 0 Å². The van der Waals surface area contributed by atoms with Crippen LogP contribution >= 0.6 is 0 Å². The largest absolute Gasteiger partial charge is 0.367 e. The fourth-order valence-corrected chi connectivity index (χ4v) is 2.77. The molecule has 3 aliphatic rings. The summed E-state index contributed by atoms with van der Waals surface area (Å²) < 4.78 is 11.2. The summed E-state index contributed by atoms with van der Waals surface area (Å²) in [6.07, 6.45) is 7.38. The molecular weight excluding hydrogens is 200 g/mol. The van der Waals surface area contributed by atoms with Gasteiger partial charge in [-0.1, -0.05) is 42.5 Å². The van der Waals surface area contributed by atoms with Gasteiger partial charge in [-0.3, -0.25) is 0 Å². The summed E-state index contributed by atoms with van der Waals surface area (Å²) in [7, 11) is 0. The van der Waals surface area contributed by atoms with E-state index in [9.17, 15) is 0 Å². The van der Waals surface area contributed by atoms with Gasteiger partial charge in [0.1, 0.15) is 12.2 Å². The molecule has 2 heterocycles. The highest BCUT2D eigenvalue weighted by atomic mass is 16.7. The van der Waals surface area contributed by atoms with Gasteiger partial charge < -0.3 is 9.47 Å². The summed E-state index contributed by atoms with van der Waals surface area (Å²) in [6.45, 7) is 0. The number of benzene rings is 1. The van der Waals surface area contributed by atoms with Crippen molar-refractivity contribution in [3.8, 4) is 0 Å². The molecule has 16 heavy (non-hydrogen) atoms. The lowest BCUT2D eigenvalue weighted by Gasteiger charge is -2.10. The Morgan fingerprint density at radius 3 is 2.75 bits per heavy atom. The molecule has 2 heteroatoms. The van der Waals surface area contributed by atoms with Crippen LogP contribution in [0, 0.1) is 5.92 Å². The van der Waals surface area contributed by atoms with Crippen molar-refractivity contribution in [3.05, 3.63) is 42.0 Å². The van der Waals surface area contributed by atoms with Crippen LogP contribution in [-0.2, 0) is 9.47 Å². The average Bonchev–Trinajstić information content (AvgIpc) is 3.17. The van der Waals surface area contributed by atoms with E-state index in [1.54, 1.807) is 0 Å². The number of fused-ring (bicyclic) bond motifs is 3. The summed E-state index contributed by atoms with van der Waals surface area (Å²) in [5.41, 5.74) is 1.26. The molecule has 1 aromatic carbocycles. The molecule has 82 valence electrons. The minimum Gasteiger partial charge on any atom is -0.367 e. The highest BCUT2D eigenvalue weighted by Crippen LogP contribution is 2.51. The van der Waals surface area contributed by atoms with Crippen LogP contribution in [0.5, 0.6) is 0 Å². The third-order valence-electron chi connectivity index (χ3n) is 3.77. The summed E-state index contributed by atoms with van der Waals surface area (Å²) in [5.74, 6) is 0.550. The maximum atomic E-state index is 5.66. The fraction of sp³-hybridized carbons (Fsp3) is 0.429. The topological polar surface area (TPSA) is 25.1 Å². The zero-order chi connectivity index (χ0) is 10.5. The van der Waals surface area contributed by atoms with Crippen molar-refractivity contribution in [1.82, 2.24) is 0 Å². The lowest BCUT2D eigenvalue weighted by molar-refractivity contribution is 0.274. The van der Waals surface area contributed by atoms with E-state index < -0.39 is 0 Å². The Morgan fingerprint density at radius 1 is 1.00 bits per heavy atom. The van der Waals surface area contributed by atoms with E-state index in [0.717, 1.165) is 6.42 Å². The van der Waals surface area contributed by atoms with Crippen molar-refractivity contribution in [1.29, 1.82) is 0 Å². The average molecular weight is 214 g/mol. The van der Waals surface area contributed by atoms with Crippen molar-refractivity contribution in [2.45, 2.75) is 30.8 Å². The minimum atomic E-state index is 0.407. The molecule has 0 aromatic heterocycles. The zero-order valence-electron chi connectivity index (χ0n) is 8.95. The Kier molecular flexibility index (Phi) is 1.79. The molecule has 1 aromatic rings. The van der Waals surface area contributed by atoms with Gasteiger partial charge in [-0.25, -0.2) is 0 Å². The second kappa shape index (κ2) is 3.19. The van der Waals surface area contributed by atoms with E-state index in [-0.39, 0.29) is 0 Å². The molecule has 0 radical (unpaired) electrons. The number of rotatable bonds is 2. The molecule has 2 saturated heterocycles. The van der Waals surface area contributed by atoms with Gasteiger partial charge in [-0.2, -0.15) is 0 Å². The number of hydrogen-bond donors (Lipinski definition) is 0. The zero-order valence-corrected chi connectivity index (χ0v) is 8.95. The van der Waals surface area contributed by atoms with Crippen molar-refractivity contribution < 1.29 is 9.47 Å². The molecule has 2 aliphatic heterocycles. The predicted molar refractivity (Wildman–Crippen MR) is 60.9 cm³/mol. The molecule has 0 N–H and O–H groups in total. The van der Waals surface area contributed by atoms with Crippen molar-refractivity contribution in [3.63, 3.8) is 0 Å². The lowest BCUT2D eigenvalue weighted by Crippen LogP contribution is -2.20. The van der Waals surface area contributed by atoms with E-state index in [4.69, 9.17) is 9.47 Å². The highest BCUT2D eigenvalue weighted by molar-refractivity contribution is 5.49. The van der Waals surface area contributed by atoms with Crippen LogP contribution in [0.3, 0.4) is 0 Å². The van der Waals surface area contributed by atoms with Crippen LogP contribution in [0.1, 0.15) is 12.0 Å². The first kappa shape index (κ1) is 8.97. The van der Waals surface area contributed by atoms with Gasteiger partial charge in [0.05, 0.1) is 12.2 Å². The SMILES string of the molecule is C(=C\C1CC2OC2C2OC12)/c1ccccc1. The van der Waals surface area contributed by atoms with E-state index in [1.165, 1.54) is 5.56 Å². The predicted octanol–water partition coefficient (Wildman–Crippen LogP) is 2.25. The van der Waals surface area contributed by atoms with Crippen LogP contribution in [-0.4, -0.2) is 24.4 Å². The first-order valence-electron chi connectivity index (χ1n) is 5.96. The molecule has 2 nitrogen and oxygen atoms in total. The van der Waals surface area contributed by atoms with Gasteiger partial charge in [0.25, 0.3) is 0 Å². The first-order chi connectivity index (χ1) is 7.92. The number of ether oxygens (including phenoxy) is 2. The summed E-state index contributed by atoms with van der Waals surface area (Å²) in [6, 6.07) is 10.4. The van der Waals surface area contributed by atoms with E-state index in [0.29, 0.717) is 30.3 Å². The van der Waals surface area contributed by atoms with Gasteiger partial charge in [0, 0.05) is 5.92 Å². The second-order valence-electron chi connectivity index (χ2n) is 4.87. The van der Waals surface area contributed by atoms with E-state index in [2.05, 4.69) is 36.4 Å². The van der Waals surface area contributed by atoms with Crippen molar-refractivity contribution in [2.24, 2.45) is 5.92 Å². The second-order valence-corrected chi connectivity index (χ2v) is 4.87. The maximum Gasteiger partial charge on any atom is 0.113 e. The van der Waals surface area contributed by atoms with Gasteiger partial charge in [-0.15, -0.1) is 0 Å². The van der Waals surface area contributed by atoms with Crippen LogP contribution in [0.4, 0.5) is 0 Å². The molecule has 4 rings (SSSR count). The molecular formula is C14H14O2. The van der Waals surface area contributed by atoms with Crippen LogP contribution < -0.4 is 0 Å². The van der Waals surface area contributed by atoms with Crippen LogP contribution in [0.15, 0.2) is 36.4 Å². The molecule has 0 amide bonds. The Labute approximate surface area is 94.9 Å². The molecule has 0 spiro atoms. The standard InChI is InChI=1S/C14H14O2/c1-2-4-9(5-3-1)6-7-10-8-11-13(15-11)14-12(10)16-14/h1-7,10-14H,8H2/b7-6+. The highest BCUT2D eigenvalue weighted by Gasteiger charge is 2.64. The lowest BCUT2D eigenvalue weighted by atomic mass is 9.89. The molecule has 1 aliphatic carbocycles. The Balaban J connectivity index is 1.49. The third kappa shape index (κ3) is 1.41. The van der Waals surface area contributed by atoms with Crippen LogP contribution in [0.25, 0.3) is 6.08 Å². The smallest absolute Gasteiger partial charge is 0.113 e. The summed E-state index contributed by atoms with van der Waals surface area (Å²) in [5, 5.41) is 0. The van der Waals surface area contributed by atoms with E-state index in [1.807, 2.05) is 6.07 Å². The number of hydrogen-bond acceptors (Lipinski definition) is 2. The number of epoxide rings is 2. The molecule has 0 bridgehead atoms. The molecule has 5 unspecified atom stereocenters. The van der Waals surface area contributed by atoms with Gasteiger partial charge in [0.15, 0.2) is 0 Å². The fourth-order valence-electron chi connectivity index (χ4n) is 2.77. The maximum absolute atomic E-state index is 5.66. The van der Waals surface area contributed by atoms with Gasteiger partial charge in [-0.05, 0) is 12.0 Å². The molecule has 1 saturated carbocycles. The normalized spacial score (nSPS) is 43.9. The van der Waals surface area contributed by atoms with Crippen LogP contribution in [0.2, 0.25) is 0 Å². The molecule has 5 atom stereocenters. The molecule has 3 fully saturated rings. The Morgan fingerprint density at radius 2 is 1.88 bits per heavy atom. The first-order valence-corrected chi connectivity index (χ1v) is 5.96. The third-order valence-corrected chi connectivity index (χ3v) is 3.77. The summed E-state index contributed by atoms with van der Waals surface area (Å²) >= 11 is 0. The van der Waals surface area contributed by atoms with Gasteiger partial charge in [0.2, 0.25) is 0 Å². The Hall–Kier alpha value is -1.12. The minimum absolute atomic E-state index is 0.407. The monoisotopic (exact) mass is 214 g/mol.